The summed E-state index contributed by atoms with van der Waals surface area (Å²) in [6.45, 7) is 1.55. The van der Waals surface area contributed by atoms with E-state index < -0.39 is 12.0 Å². The van der Waals surface area contributed by atoms with Crippen molar-refractivity contribution in [1.29, 1.82) is 0 Å². The van der Waals surface area contributed by atoms with E-state index in [9.17, 15) is 9.59 Å². The Labute approximate surface area is 131 Å². The predicted octanol–water partition coefficient (Wildman–Crippen LogP) is 1.80. The molecule has 21 heavy (non-hydrogen) atoms. The number of nitrogens with one attached hydrogen (secondary N) is 1. The van der Waals surface area contributed by atoms with Crippen LogP contribution in [0.15, 0.2) is 12.1 Å². The lowest BCUT2D eigenvalue weighted by Crippen LogP contribution is -2.40. The quantitative estimate of drug-likeness (QED) is 0.825. The third kappa shape index (κ3) is 2.03. The van der Waals surface area contributed by atoms with E-state index in [1.54, 1.807) is 12.1 Å². The molecular formula is C14H14Cl2N2O3. The molecule has 1 aromatic rings. The van der Waals surface area contributed by atoms with Gasteiger partial charge in [0.2, 0.25) is 11.8 Å². The standard InChI is InChI=1S/C14H14Cl2N2O3/c1-7-4-14(6-18(7)12(20)5-19)8-2-9(15)10(16)3-11(8)17-13(14)21/h2-3,7,19H,4-6H2,1H3,(H,17,21)/t7-,14+/m0/s1. The first-order valence-corrected chi connectivity index (χ1v) is 7.36. The fourth-order valence-corrected chi connectivity index (χ4v) is 3.65. The highest BCUT2D eigenvalue weighted by molar-refractivity contribution is 6.42. The second kappa shape index (κ2) is 4.87. The zero-order valence-electron chi connectivity index (χ0n) is 11.3. The van der Waals surface area contributed by atoms with Gasteiger partial charge in [0, 0.05) is 18.3 Å². The molecule has 0 unspecified atom stereocenters. The van der Waals surface area contributed by atoms with Gasteiger partial charge in [-0.25, -0.2) is 0 Å². The summed E-state index contributed by atoms with van der Waals surface area (Å²) in [4.78, 5) is 25.8. The zero-order valence-corrected chi connectivity index (χ0v) is 12.8. The van der Waals surface area contributed by atoms with E-state index in [-0.39, 0.29) is 24.4 Å². The lowest BCUT2D eigenvalue weighted by Gasteiger charge is -2.23. The Morgan fingerprint density at radius 3 is 2.81 bits per heavy atom. The molecule has 2 aliphatic rings. The molecule has 2 N–H and O–H groups in total. The summed E-state index contributed by atoms with van der Waals surface area (Å²) in [5.74, 6) is -0.531. The summed E-state index contributed by atoms with van der Waals surface area (Å²) < 4.78 is 0. The Morgan fingerprint density at radius 1 is 1.48 bits per heavy atom. The summed E-state index contributed by atoms with van der Waals surface area (Å²) >= 11 is 12.1. The van der Waals surface area contributed by atoms with Crippen molar-refractivity contribution in [3.63, 3.8) is 0 Å². The van der Waals surface area contributed by atoms with Gasteiger partial charge in [0.25, 0.3) is 0 Å². The van der Waals surface area contributed by atoms with Gasteiger partial charge in [0.15, 0.2) is 0 Å². The monoisotopic (exact) mass is 328 g/mol. The maximum atomic E-state index is 12.5. The number of fused-ring (bicyclic) bond motifs is 2. The van der Waals surface area contributed by atoms with E-state index in [0.29, 0.717) is 22.2 Å². The van der Waals surface area contributed by atoms with Crippen molar-refractivity contribution in [2.24, 2.45) is 0 Å². The second-order valence-electron chi connectivity index (χ2n) is 5.58. The van der Waals surface area contributed by atoms with Crippen molar-refractivity contribution in [3.8, 4) is 0 Å². The first kappa shape index (κ1) is 14.6. The number of anilines is 1. The van der Waals surface area contributed by atoms with Gasteiger partial charge in [-0.3, -0.25) is 9.59 Å². The fraction of sp³-hybridized carbons (Fsp3) is 0.429. The molecule has 7 heteroatoms. The van der Waals surface area contributed by atoms with Crippen LogP contribution >= 0.6 is 23.2 Å². The zero-order chi connectivity index (χ0) is 15.4. The normalized spacial score (nSPS) is 27.1. The van der Waals surface area contributed by atoms with Crippen LogP contribution in [0.5, 0.6) is 0 Å². The molecule has 5 nitrogen and oxygen atoms in total. The number of halogens is 2. The number of benzene rings is 1. The van der Waals surface area contributed by atoms with Crippen LogP contribution in [0.4, 0.5) is 5.69 Å². The highest BCUT2D eigenvalue weighted by Gasteiger charge is 2.54. The number of hydrogen-bond donors (Lipinski definition) is 2. The second-order valence-corrected chi connectivity index (χ2v) is 6.40. The van der Waals surface area contributed by atoms with Gasteiger partial charge >= 0.3 is 0 Å². The summed E-state index contributed by atoms with van der Waals surface area (Å²) in [6, 6.07) is 3.19. The van der Waals surface area contributed by atoms with Gasteiger partial charge in [0.05, 0.1) is 15.5 Å². The van der Waals surface area contributed by atoms with E-state index in [4.69, 9.17) is 28.3 Å². The molecule has 0 aromatic heterocycles. The minimum atomic E-state index is -0.812. The molecule has 0 saturated carbocycles. The number of amides is 2. The van der Waals surface area contributed by atoms with Crippen LogP contribution in [0.3, 0.4) is 0 Å². The van der Waals surface area contributed by atoms with Crippen molar-refractivity contribution in [1.82, 2.24) is 4.90 Å². The van der Waals surface area contributed by atoms with Gasteiger partial charge in [-0.2, -0.15) is 0 Å². The lowest BCUT2D eigenvalue weighted by molar-refractivity contribution is -0.135. The smallest absolute Gasteiger partial charge is 0.248 e. The van der Waals surface area contributed by atoms with Gasteiger partial charge in [0.1, 0.15) is 6.61 Å². The van der Waals surface area contributed by atoms with Crippen LogP contribution in [-0.4, -0.2) is 41.0 Å². The number of rotatable bonds is 1. The Kier molecular flexibility index (Phi) is 3.39. The number of aliphatic hydroxyl groups is 1. The van der Waals surface area contributed by atoms with Crippen LogP contribution in [-0.2, 0) is 15.0 Å². The van der Waals surface area contributed by atoms with E-state index in [1.165, 1.54) is 4.90 Å². The third-order valence-electron chi connectivity index (χ3n) is 4.33. The van der Waals surface area contributed by atoms with Crippen molar-refractivity contribution < 1.29 is 14.7 Å². The number of nitrogens with zero attached hydrogens (tertiary/aromatic N) is 1. The number of likely N-dealkylation sites (tertiary alicyclic amines) is 1. The molecule has 2 amide bonds. The van der Waals surface area contributed by atoms with Gasteiger partial charge in [-0.05, 0) is 31.0 Å². The van der Waals surface area contributed by atoms with Crippen LogP contribution in [0.25, 0.3) is 0 Å². The summed E-state index contributed by atoms with van der Waals surface area (Å²) in [6.07, 6.45) is 0.496. The maximum Gasteiger partial charge on any atom is 0.248 e. The fourth-order valence-electron chi connectivity index (χ4n) is 3.32. The van der Waals surface area contributed by atoms with E-state index in [1.807, 2.05) is 6.92 Å². The Hall–Kier alpha value is -1.30. The van der Waals surface area contributed by atoms with Crippen LogP contribution < -0.4 is 5.32 Å². The molecule has 1 aromatic carbocycles. The molecule has 1 spiro atoms. The third-order valence-corrected chi connectivity index (χ3v) is 5.05. The van der Waals surface area contributed by atoms with E-state index >= 15 is 0 Å². The highest BCUT2D eigenvalue weighted by Crippen LogP contribution is 2.48. The minimum absolute atomic E-state index is 0.129. The molecule has 0 bridgehead atoms. The van der Waals surface area contributed by atoms with Crippen molar-refractivity contribution >= 4 is 40.7 Å². The first-order chi connectivity index (χ1) is 9.89. The van der Waals surface area contributed by atoms with Gasteiger partial charge in [-0.1, -0.05) is 23.2 Å². The van der Waals surface area contributed by atoms with Gasteiger partial charge < -0.3 is 15.3 Å². The van der Waals surface area contributed by atoms with Crippen LogP contribution in [0.2, 0.25) is 10.0 Å². The molecule has 1 fully saturated rings. The first-order valence-electron chi connectivity index (χ1n) is 6.60. The average Bonchev–Trinajstić information content (AvgIpc) is 2.91. The number of aliphatic hydroxyl groups excluding tert-OH is 1. The van der Waals surface area contributed by atoms with Gasteiger partial charge in [-0.15, -0.1) is 0 Å². The molecular weight excluding hydrogens is 315 g/mol. The molecule has 2 heterocycles. The largest absolute Gasteiger partial charge is 0.387 e. The van der Waals surface area contributed by atoms with E-state index in [0.717, 1.165) is 5.56 Å². The molecule has 2 atom stereocenters. The van der Waals surface area contributed by atoms with Crippen molar-refractivity contribution in [2.75, 3.05) is 18.5 Å². The number of hydrogen-bond acceptors (Lipinski definition) is 3. The Balaban J connectivity index is 2.07. The van der Waals surface area contributed by atoms with Crippen molar-refractivity contribution in [2.45, 2.75) is 24.8 Å². The minimum Gasteiger partial charge on any atom is -0.387 e. The lowest BCUT2D eigenvalue weighted by atomic mass is 9.80. The van der Waals surface area contributed by atoms with Crippen molar-refractivity contribution in [3.05, 3.63) is 27.7 Å². The molecule has 0 aliphatic carbocycles. The summed E-state index contributed by atoms with van der Waals surface area (Å²) in [5, 5.41) is 12.6. The SMILES string of the molecule is C[C@H]1C[C@]2(CN1C(=O)CO)C(=O)Nc1cc(Cl)c(Cl)cc12. The molecule has 2 aliphatic heterocycles. The summed E-state index contributed by atoms with van der Waals surface area (Å²) in [7, 11) is 0. The summed E-state index contributed by atoms with van der Waals surface area (Å²) in [5.41, 5.74) is 0.593. The maximum absolute atomic E-state index is 12.5. The topological polar surface area (TPSA) is 69.6 Å². The number of carbonyl (C=O) groups excluding carboxylic acids is 2. The molecule has 0 radical (unpaired) electrons. The number of carbonyl (C=O) groups is 2. The van der Waals surface area contributed by atoms with Crippen LogP contribution in [0, 0.1) is 0 Å². The average molecular weight is 329 g/mol. The molecule has 112 valence electrons. The molecule has 3 rings (SSSR count). The van der Waals surface area contributed by atoms with Crippen LogP contribution in [0.1, 0.15) is 18.9 Å². The van der Waals surface area contributed by atoms with E-state index in [2.05, 4.69) is 5.32 Å². The predicted molar refractivity (Wildman–Crippen MR) is 79.6 cm³/mol. The molecule has 1 saturated heterocycles. The highest BCUT2D eigenvalue weighted by atomic mass is 35.5. The Bertz CT molecular complexity index is 649. The Morgan fingerprint density at radius 2 is 2.14 bits per heavy atom.